The van der Waals surface area contributed by atoms with E-state index in [1.165, 1.54) is 5.56 Å². The van der Waals surface area contributed by atoms with Crippen LogP contribution in [0.25, 0.3) is 0 Å². The van der Waals surface area contributed by atoms with Crippen LogP contribution in [0.5, 0.6) is 0 Å². The van der Waals surface area contributed by atoms with Crippen molar-refractivity contribution in [3.63, 3.8) is 0 Å². The van der Waals surface area contributed by atoms with E-state index in [1.54, 1.807) is 4.90 Å². The summed E-state index contributed by atoms with van der Waals surface area (Å²) in [6, 6.07) is 37.2. The van der Waals surface area contributed by atoms with Crippen molar-refractivity contribution in [3.05, 3.63) is 138 Å². The second-order valence-electron chi connectivity index (χ2n) is 12.6. The van der Waals surface area contributed by atoms with Gasteiger partial charge < -0.3 is 10.2 Å². The molecule has 4 aromatic rings. The fraction of sp³-hybridized carbons (Fsp3) is 0.325. The lowest BCUT2D eigenvalue weighted by Gasteiger charge is -2.36. The largest absolute Gasteiger partial charge is 0.326 e. The monoisotopic (exact) mass is 615 g/mol. The highest BCUT2D eigenvalue weighted by molar-refractivity contribution is 5.97. The van der Waals surface area contributed by atoms with Crippen LogP contribution in [-0.4, -0.2) is 47.2 Å². The van der Waals surface area contributed by atoms with Gasteiger partial charge in [-0.1, -0.05) is 117 Å². The van der Waals surface area contributed by atoms with E-state index in [4.69, 9.17) is 0 Å². The van der Waals surface area contributed by atoms with E-state index in [1.807, 2.05) is 117 Å². The third kappa shape index (κ3) is 9.01. The molecule has 1 N–H and O–H groups in total. The number of hydrogen-bond donors (Lipinski definition) is 1. The first kappa shape index (κ1) is 32.8. The molecular formula is C40H45N3O3. The molecule has 4 aromatic carbocycles. The first-order chi connectivity index (χ1) is 22.4. The van der Waals surface area contributed by atoms with Crippen LogP contribution >= 0.6 is 0 Å². The molecule has 6 nitrogen and oxygen atoms in total. The molecule has 0 spiro atoms. The van der Waals surface area contributed by atoms with Crippen molar-refractivity contribution in [2.24, 2.45) is 5.92 Å². The van der Waals surface area contributed by atoms with Crippen molar-refractivity contribution in [1.82, 2.24) is 9.80 Å². The van der Waals surface area contributed by atoms with Crippen LogP contribution < -0.4 is 5.32 Å². The van der Waals surface area contributed by atoms with E-state index in [9.17, 15) is 14.4 Å². The molecule has 5 rings (SSSR count). The van der Waals surface area contributed by atoms with Gasteiger partial charge in [0.25, 0.3) is 0 Å². The Kier molecular flexibility index (Phi) is 11.5. The van der Waals surface area contributed by atoms with Crippen LogP contribution in [0.1, 0.15) is 67.3 Å². The van der Waals surface area contributed by atoms with Crippen LogP contribution in [0, 0.1) is 5.92 Å². The summed E-state index contributed by atoms with van der Waals surface area (Å²) < 4.78 is 0. The van der Waals surface area contributed by atoms with E-state index in [0.29, 0.717) is 12.3 Å². The van der Waals surface area contributed by atoms with E-state index in [2.05, 4.69) is 22.3 Å². The van der Waals surface area contributed by atoms with Gasteiger partial charge in [0.2, 0.25) is 17.7 Å². The predicted octanol–water partition coefficient (Wildman–Crippen LogP) is 7.43. The molecule has 1 fully saturated rings. The van der Waals surface area contributed by atoms with Gasteiger partial charge >= 0.3 is 0 Å². The standard InChI is InChI=1S/C40H45N3O3/c1-30(2)40(46)41-36-20-12-19-35(29-36)33-21-24-42(25-22-33)26-23-37(34-17-10-5-11-18-34)43(38(44)27-31-13-6-3-7-14-31)39(45)28-32-15-8-4-9-16-32/h3-20,29-30,33,37H,21-28H2,1-2H3,(H,41,46)/t37-/m0/s1. The minimum absolute atomic E-state index is 0.0264. The van der Waals surface area contributed by atoms with Gasteiger partial charge in [-0.2, -0.15) is 0 Å². The fourth-order valence-corrected chi connectivity index (χ4v) is 6.27. The van der Waals surface area contributed by atoms with Crippen molar-refractivity contribution < 1.29 is 14.4 Å². The van der Waals surface area contributed by atoms with Crippen LogP contribution in [-0.2, 0) is 27.2 Å². The first-order valence-corrected chi connectivity index (χ1v) is 16.5. The first-order valence-electron chi connectivity index (χ1n) is 16.5. The Labute approximate surface area is 273 Å². The third-order valence-corrected chi connectivity index (χ3v) is 8.89. The number of nitrogens with zero attached hydrogens (tertiary/aromatic N) is 2. The molecule has 0 unspecified atom stereocenters. The van der Waals surface area contributed by atoms with Gasteiger partial charge in [0.1, 0.15) is 0 Å². The number of piperidine rings is 1. The highest BCUT2D eigenvalue weighted by Gasteiger charge is 2.32. The highest BCUT2D eigenvalue weighted by atomic mass is 16.2. The summed E-state index contributed by atoms with van der Waals surface area (Å²) in [4.78, 5) is 44.2. The molecule has 3 amide bonds. The fourth-order valence-electron chi connectivity index (χ4n) is 6.27. The summed E-state index contributed by atoms with van der Waals surface area (Å²) in [5.74, 6) is 0.0324. The maximum Gasteiger partial charge on any atom is 0.234 e. The maximum absolute atomic E-state index is 14.0. The number of imide groups is 1. The van der Waals surface area contributed by atoms with Crippen LogP contribution in [0.4, 0.5) is 5.69 Å². The lowest BCUT2D eigenvalue weighted by Crippen LogP contribution is -2.43. The Morgan fingerprint density at radius 2 is 1.28 bits per heavy atom. The summed E-state index contributed by atoms with van der Waals surface area (Å²) in [6.07, 6.45) is 3.04. The normalized spacial score (nSPS) is 14.5. The van der Waals surface area contributed by atoms with Gasteiger partial charge in [0, 0.05) is 18.2 Å². The topological polar surface area (TPSA) is 69.7 Å². The van der Waals surface area contributed by atoms with Crippen molar-refractivity contribution in [2.45, 2.75) is 57.9 Å². The highest BCUT2D eigenvalue weighted by Crippen LogP contribution is 2.32. The van der Waals surface area contributed by atoms with Gasteiger partial charge in [-0.15, -0.1) is 0 Å². The van der Waals surface area contributed by atoms with Gasteiger partial charge in [0.05, 0.1) is 18.9 Å². The van der Waals surface area contributed by atoms with Gasteiger partial charge in [-0.05, 0) is 72.7 Å². The van der Waals surface area contributed by atoms with Crippen molar-refractivity contribution >= 4 is 23.4 Å². The zero-order valence-electron chi connectivity index (χ0n) is 27.0. The Bertz CT molecular complexity index is 1510. The molecule has 0 bridgehead atoms. The molecular weight excluding hydrogens is 570 g/mol. The Morgan fingerprint density at radius 3 is 1.83 bits per heavy atom. The van der Waals surface area contributed by atoms with Gasteiger partial charge in [-0.25, -0.2) is 0 Å². The summed E-state index contributed by atoms with van der Waals surface area (Å²) in [6.45, 7) is 6.45. The molecule has 1 aliphatic heterocycles. The van der Waals surface area contributed by atoms with E-state index in [0.717, 1.165) is 54.9 Å². The summed E-state index contributed by atoms with van der Waals surface area (Å²) >= 11 is 0. The SMILES string of the molecule is CC(C)C(=O)Nc1cccc(C2CCN(CC[C@@H](c3ccccc3)N(C(=O)Cc3ccccc3)C(=O)Cc3ccccc3)CC2)c1. The smallest absolute Gasteiger partial charge is 0.234 e. The van der Waals surface area contributed by atoms with Crippen molar-refractivity contribution in [3.8, 4) is 0 Å². The number of carbonyl (C=O) groups excluding carboxylic acids is 3. The summed E-state index contributed by atoms with van der Waals surface area (Å²) in [7, 11) is 0. The molecule has 6 heteroatoms. The maximum atomic E-state index is 14.0. The molecule has 1 atom stereocenters. The number of anilines is 1. The summed E-state index contributed by atoms with van der Waals surface area (Å²) in [5.41, 5.74) is 4.87. The Balaban J connectivity index is 1.30. The minimum Gasteiger partial charge on any atom is -0.326 e. The third-order valence-electron chi connectivity index (χ3n) is 8.89. The molecule has 0 saturated carbocycles. The number of nitrogens with one attached hydrogen (secondary N) is 1. The second-order valence-corrected chi connectivity index (χ2v) is 12.6. The average molecular weight is 616 g/mol. The molecule has 1 saturated heterocycles. The van der Waals surface area contributed by atoms with Crippen LogP contribution in [0.15, 0.2) is 115 Å². The zero-order chi connectivity index (χ0) is 32.3. The van der Waals surface area contributed by atoms with Crippen molar-refractivity contribution in [1.29, 1.82) is 0 Å². The van der Waals surface area contributed by atoms with Crippen molar-refractivity contribution in [2.75, 3.05) is 25.0 Å². The molecule has 1 heterocycles. The molecule has 0 aliphatic carbocycles. The number of hydrogen-bond acceptors (Lipinski definition) is 4. The molecule has 1 aliphatic rings. The second kappa shape index (κ2) is 16.1. The lowest BCUT2D eigenvalue weighted by atomic mass is 9.89. The number of amides is 3. The number of benzene rings is 4. The van der Waals surface area contributed by atoms with Gasteiger partial charge in [-0.3, -0.25) is 19.3 Å². The van der Waals surface area contributed by atoms with Gasteiger partial charge in [0.15, 0.2) is 0 Å². The molecule has 0 aromatic heterocycles. The van der Waals surface area contributed by atoms with E-state index < -0.39 is 0 Å². The lowest BCUT2D eigenvalue weighted by molar-refractivity contribution is -0.147. The minimum atomic E-state index is -0.368. The van der Waals surface area contributed by atoms with Crippen LogP contribution in [0.2, 0.25) is 0 Å². The number of carbonyl (C=O) groups is 3. The zero-order valence-corrected chi connectivity index (χ0v) is 27.0. The average Bonchev–Trinajstić information content (AvgIpc) is 3.08. The molecule has 238 valence electrons. The number of likely N-dealkylation sites (tertiary alicyclic amines) is 1. The Hall–Kier alpha value is -4.55. The Morgan fingerprint density at radius 1 is 0.739 bits per heavy atom. The van der Waals surface area contributed by atoms with E-state index >= 15 is 0 Å². The predicted molar refractivity (Wildman–Crippen MR) is 184 cm³/mol. The number of rotatable bonds is 12. The quantitative estimate of drug-likeness (QED) is 0.180. The molecule has 46 heavy (non-hydrogen) atoms. The molecule has 0 radical (unpaired) electrons. The summed E-state index contributed by atoms with van der Waals surface area (Å²) in [5, 5.41) is 3.03. The van der Waals surface area contributed by atoms with Crippen LogP contribution in [0.3, 0.4) is 0 Å². The van der Waals surface area contributed by atoms with E-state index in [-0.39, 0.29) is 42.5 Å².